The Balaban J connectivity index is 1.15. The zero-order chi connectivity index (χ0) is 21.4. The molecule has 5 heteroatoms. The second-order valence-corrected chi connectivity index (χ2v) is 9.36. The minimum atomic E-state index is -0.176. The fourth-order valence-corrected chi connectivity index (χ4v) is 5.26. The van der Waals surface area contributed by atoms with E-state index >= 15 is 0 Å². The second-order valence-electron chi connectivity index (χ2n) is 9.36. The molecule has 2 aromatic heterocycles. The van der Waals surface area contributed by atoms with E-state index in [-0.39, 0.29) is 5.69 Å². The SMILES string of the molecule is Cc1ccc([C@]23C[C@H]2CN(CCCCn2cc(C)c(-c4cccnc4)nc2=O)C3)cc1. The molecule has 5 nitrogen and oxygen atoms in total. The van der Waals surface area contributed by atoms with E-state index in [9.17, 15) is 4.79 Å². The average Bonchev–Trinajstić information content (AvgIpc) is 3.35. The molecule has 1 aromatic carbocycles. The molecule has 0 unspecified atom stereocenters. The number of benzene rings is 1. The Kier molecular flexibility index (Phi) is 5.22. The molecule has 3 heterocycles. The number of pyridine rings is 1. The van der Waals surface area contributed by atoms with Crippen LogP contribution in [0.3, 0.4) is 0 Å². The Labute approximate surface area is 183 Å². The third-order valence-corrected chi connectivity index (χ3v) is 7.08. The molecule has 1 saturated heterocycles. The van der Waals surface area contributed by atoms with Crippen molar-refractivity contribution in [3.8, 4) is 11.3 Å². The molecule has 0 N–H and O–H groups in total. The molecule has 5 rings (SSSR count). The predicted molar refractivity (Wildman–Crippen MR) is 123 cm³/mol. The third-order valence-electron chi connectivity index (χ3n) is 7.08. The highest BCUT2D eigenvalue weighted by atomic mass is 16.1. The molecule has 2 fully saturated rings. The van der Waals surface area contributed by atoms with E-state index in [1.165, 1.54) is 30.6 Å². The molecule has 2 atom stereocenters. The van der Waals surface area contributed by atoms with Gasteiger partial charge in [-0.25, -0.2) is 4.79 Å². The molecule has 160 valence electrons. The van der Waals surface area contributed by atoms with Crippen molar-refractivity contribution >= 4 is 0 Å². The van der Waals surface area contributed by atoms with Gasteiger partial charge in [0.1, 0.15) is 0 Å². The largest absolute Gasteiger partial charge is 0.348 e. The summed E-state index contributed by atoms with van der Waals surface area (Å²) in [4.78, 5) is 23.6. The van der Waals surface area contributed by atoms with Crippen LogP contribution in [0.4, 0.5) is 0 Å². The van der Waals surface area contributed by atoms with E-state index in [4.69, 9.17) is 0 Å². The topological polar surface area (TPSA) is 51.0 Å². The summed E-state index contributed by atoms with van der Waals surface area (Å²) in [5.41, 5.74) is 5.71. The number of hydrogen-bond acceptors (Lipinski definition) is 4. The van der Waals surface area contributed by atoms with E-state index in [1.807, 2.05) is 25.3 Å². The van der Waals surface area contributed by atoms with Gasteiger partial charge in [-0.15, -0.1) is 0 Å². The first kappa shape index (κ1) is 20.1. The highest BCUT2D eigenvalue weighted by Gasteiger charge is 2.60. The first-order valence-corrected chi connectivity index (χ1v) is 11.3. The lowest BCUT2D eigenvalue weighted by molar-refractivity contribution is 0.289. The molecule has 0 amide bonds. The Morgan fingerprint density at radius 1 is 1.10 bits per heavy atom. The maximum atomic E-state index is 12.5. The summed E-state index contributed by atoms with van der Waals surface area (Å²) in [7, 11) is 0. The third kappa shape index (κ3) is 3.94. The maximum Gasteiger partial charge on any atom is 0.348 e. The van der Waals surface area contributed by atoms with Crippen molar-refractivity contribution in [2.75, 3.05) is 19.6 Å². The number of aromatic nitrogens is 3. The van der Waals surface area contributed by atoms with Crippen LogP contribution in [0.5, 0.6) is 0 Å². The zero-order valence-corrected chi connectivity index (χ0v) is 18.4. The minimum Gasteiger partial charge on any atom is -0.302 e. The van der Waals surface area contributed by atoms with Crippen LogP contribution in [-0.4, -0.2) is 39.1 Å². The van der Waals surface area contributed by atoms with Gasteiger partial charge in [-0.05, 0) is 68.8 Å². The highest BCUT2D eigenvalue weighted by Crippen LogP contribution is 2.58. The summed E-state index contributed by atoms with van der Waals surface area (Å²) in [6.45, 7) is 8.39. The molecule has 2 aliphatic rings. The van der Waals surface area contributed by atoms with Crippen molar-refractivity contribution in [3.63, 3.8) is 0 Å². The number of nitrogens with zero attached hydrogens (tertiary/aromatic N) is 4. The van der Waals surface area contributed by atoms with Gasteiger partial charge < -0.3 is 4.90 Å². The van der Waals surface area contributed by atoms with Gasteiger partial charge in [0.25, 0.3) is 0 Å². The van der Waals surface area contributed by atoms with Crippen molar-refractivity contribution in [3.05, 3.63) is 82.2 Å². The van der Waals surface area contributed by atoms with Crippen LogP contribution in [0.25, 0.3) is 11.3 Å². The van der Waals surface area contributed by atoms with Crippen LogP contribution >= 0.6 is 0 Å². The van der Waals surface area contributed by atoms with E-state index in [0.29, 0.717) is 5.41 Å². The normalized spacial score (nSPS) is 22.5. The van der Waals surface area contributed by atoms with E-state index in [1.54, 1.807) is 17.0 Å². The number of piperidine rings is 1. The van der Waals surface area contributed by atoms with Crippen LogP contribution in [0.15, 0.2) is 59.8 Å². The minimum absolute atomic E-state index is 0.176. The number of rotatable bonds is 7. The molecule has 0 radical (unpaired) electrons. The van der Waals surface area contributed by atoms with Crippen LogP contribution in [0, 0.1) is 19.8 Å². The number of likely N-dealkylation sites (tertiary alicyclic amines) is 1. The molecular weight excluding hydrogens is 384 g/mol. The lowest BCUT2D eigenvalue weighted by atomic mass is 9.94. The lowest BCUT2D eigenvalue weighted by Gasteiger charge is -2.21. The van der Waals surface area contributed by atoms with Crippen molar-refractivity contribution in [2.45, 2.75) is 45.1 Å². The van der Waals surface area contributed by atoms with Crippen LogP contribution in [0.1, 0.15) is 36.0 Å². The number of unbranched alkanes of at least 4 members (excludes halogenated alkanes) is 1. The summed E-state index contributed by atoms with van der Waals surface area (Å²) in [6, 6.07) is 13.0. The molecule has 0 spiro atoms. The smallest absolute Gasteiger partial charge is 0.302 e. The van der Waals surface area contributed by atoms with Crippen molar-refractivity contribution < 1.29 is 0 Å². The fourth-order valence-electron chi connectivity index (χ4n) is 5.26. The highest BCUT2D eigenvalue weighted by molar-refractivity contribution is 5.60. The van der Waals surface area contributed by atoms with Gasteiger partial charge >= 0.3 is 5.69 Å². The van der Waals surface area contributed by atoms with Crippen LogP contribution < -0.4 is 5.69 Å². The Morgan fingerprint density at radius 3 is 2.68 bits per heavy atom. The number of hydrogen-bond donors (Lipinski definition) is 0. The van der Waals surface area contributed by atoms with Gasteiger partial charge in [0.2, 0.25) is 0 Å². The average molecular weight is 415 g/mol. The van der Waals surface area contributed by atoms with Gasteiger partial charge in [-0.1, -0.05) is 29.8 Å². The second kappa shape index (κ2) is 8.04. The quantitative estimate of drug-likeness (QED) is 0.549. The van der Waals surface area contributed by atoms with Gasteiger partial charge in [0, 0.05) is 49.2 Å². The standard InChI is InChI=1S/C26H30N4O/c1-19-7-9-22(10-8-19)26-14-23(26)17-29(18-26)12-3-4-13-30-16-20(2)24(28-25(30)31)21-6-5-11-27-15-21/h5-11,15-16,23H,3-4,12-14,17-18H2,1-2H3/t23-,26+/m0/s1. The fraction of sp³-hybridized carbons (Fsp3) is 0.423. The molecule has 1 saturated carbocycles. The van der Waals surface area contributed by atoms with E-state index < -0.39 is 0 Å². The van der Waals surface area contributed by atoms with Gasteiger partial charge in [0.15, 0.2) is 0 Å². The Morgan fingerprint density at radius 2 is 1.90 bits per heavy atom. The first-order chi connectivity index (χ1) is 15.0. The lowest BCUT2D eigenvalue weighted by Crippen LogP contribution is -2.28. The van der Waals surface area contributed by atoms with Crippen molar-refractivity contribution in [1.82, 2.24) is 19.4 Å². The summed E-state index contributed by atoms with van der Waals surface area (Å²) in [6.07, 6.45) is 8.86. The molecule has 1 aliphatic heterocycles. The van der Waals surface area contributed by atoms with Crippen LogP contribution in [0.2, 0.25) is 0 Å². The first-order valence-electron chi connectivity index (χ1n) is 11.3. The number of fused-ring (bicyclic) bond motifs is 1. The summed E-state index contributed by atoms with van der Waals surface area (Å²) >= 11 is 0. The molecule has 3 aromatic rings. The van der Waals surface area contributed by atoms with Gasteiger partial charge in [-0.2, -0.15) is 4.98 Å². The van der Waals surface area contributed by atoms with Gasteiger partial charge in [-0.3, -0.25) is 9.55 Å². The summed E-state index contributed by atoms with van der Waals surface area (Å²) in [5.74, 6) is 0.824. The maximum absolute atomic E-state index is 12.5. The summed E-state index contributed by atoms with van der Waals surface area (Å²) in [5, 5.41) is 0. The Bertz CT molecular complexity index is 1120. The molecule has 31 heavy (non-hydrogen) atoms. The zero-order valence-electron chi connectivity index (χ0n) is 18.4. The summed E-state index contributed by atoms with van der Waals surface area (Å²) < 4.78 is 1.75. The Hall–Kier alpha value is -2.79. The van der Waals surface area contributed by atoms with Gasteiger partial charge in [0.05, 0.1) is 5.69 Å². The molecular formula is C26H30N4O. The predicted octanol–water partition coefficient (Wildman–Crippen LogP) is 3.98. The van der Waals surface area contributed by atoms with Crippen molar-refractivity contribution in [1.29, 1.82) is 0 Å². The number of aryl methyl sites for hydroxylation is 3. The molecule has 0 bridgehead atoms. The van der Waals surface area contributed by atoms with E-state index in [2.05, 4.69) is 46.1 Å². The van der Waals surface area contributed by atoms with E-state index in [0.717, 1.165) is 48.7 Å². The van der Waals surface area contributed by atoms with Crippen molar-refractivity contribution in [2.24, 2.45) is 5.92 Å². The van der Waals surface area contributed by atoms with Crippen LogP contribution in [-0.2, 0) is 12.0 Å². The molecule has 1 aliphatic carbocycles. The monoisotopic (exact) mass is 414 g/mol.